The minimum absolute atomic E-state index is 0.00198. The highest BCUT2D eigenvalue weighted by molar-refractivity contribution is 6.30. The fourth-order valence-corrected chi connectivity index (χ4v) is 5.15. The molecule has 0 bridgehead atoms. The number of nitrogens with zero attached hydrogens (tertiary/aromatic N) is 1. The molecule has 3 rings (SSSR count). The summed E-state index contributed by atoms with van der Waals surface area (Å²) in [5.74, 6) is -0.972. The number of nitrogens with one attached hydrogen (secondary N) is 2. The van der Waals surface area contributed by atoms with Crippen molar-refractivity contribution < 1.29 is 28.6 Å². The summed E-state index contributed by atoms with van der Waals surface area (Å²) in [6, 6.07) is 9.32. The van der Waals surface area contributed by atoms with Gasteiger partial charge in [0.25, 0.3) is 0 Å². The lowest BCUT2D eigenvalue weighted by atomic mass is 9.90. The molecule has 0 saturated heterocycles. The summed E-state index contributed by atoms with van der Waals surface area (Å²) in [7, 11) is 2.90. The van der Waals surface area contributed by atoms with Crippen LogP contribution in [-0.4, -0.2) is 56.6 Å². The molecule has 2 amide bonds. The number of halogens is 2. The maximum absolute atomic E-state index is 14.4. The Balaban J connectivity index is 2.00. The van der Waals surface area contributed by atoms with Crippen LogP contribution in [0.25, 0.3) is 0 Å². The van der Waals surface area contributed by atoms with Gasteiger partial charge in [0.1, 0.15) is 5.82 Å². The van der Waals surface area contributed by atoms with E-state index in [1.54, 1.807) is 7.11 Å². The van der Waals surface area contributed by atoms with Gasteiger partial charge in [-0.05, 0) is 67.5 Å². The Morgan fingerprint density at radius 2 is 1.77 bits per heavy atom. The van der Waals surface area contributed by atoms with Gasteiger partial charge < -0.3 is 30.1 Å². The number of esters is 1. The summed E-state index contributed by atoms with van der Waals surface area (Å²) < 4.78 is 24.6. The van der Waals surface area contributed by atoms with Crippen molar-refractivity contribution in [2.24, 2.45) is 5.92 Å². The third kappa shape index (κ3) is 8.81. The fraction of sp³-hybridized carbons (Fsp3) is 0.517. The molecule has 2 aromatic rings. The van der Waals surface area contributed by atoms with Gasteiger partial charge in [0.15, 0.2) is 0 Å². The van der Waals surface area contributed by atoms with Gasteiger partial charge in [-0.1, -0.05) is 31.5 Å². The Bertz CT molecular complexity index is 1120. The molecule has 0 aliphatic heterocycles. The second kappa shape index (κ2) is 14.5. The maximum atomic E-state index is 14.4. The first kappa shape index (κ1) is 30.7. The molecular weight excluding hydrogens is 525 g/mol. The van der Waals surface area contributed by atoms with Crippen LogP contribution in [-0.2, 0) is 14.3 Å². The number of carbonyl (C=O) groups is 2. The average molecular weight is 564 g/mol. The first-order valence-electron chi connectivity index (χ1n) is 13.3. The molecule has 1 fully saturated rings. The Hall–Kier alpha value is -2.88. The number of anilines is 3. The van der Waals surface area contributed by atoms with Crippen LogP contribution in [0.1, 0.15) is 57.4 Å². The van der Waals surface area contributed by atoms with Gasteiger partial charge in [-0.25, -0.2) is 9.18 Å². The molecule has 1 saturated carbocycles. The SMILES string of the molecule is COCC(CC(=O)OC)c1ccc(N(CC(C)C)C2CCC(O)CC2)c(NC(=O)Nc2ccc(Cl)cc2F)c1. The van der Waals surface area contributed by atoms with E-state index in [0.717, 1.165) is 36.7 Å². The number of ether oxygens (including phenoxy) is 2. The zero-order chi connectivity index (χ0) is 28.5. The normalized spacial score (nSPS) is 17.9. The van der Waals surface area contributed by atoms with E-state index in [1.807, 2.05) is 18.2 Å². The molecule has 39 heavy (non-hydrogen) atoms. The fourth-order valence-electron chi connectivity index (χ4n) is 4.99. The number of aliphatic hydroxyl groups is 1. The van der Waals surface area contributed by atoms with Crippen LogP contribution < -0.4 is 15.5 Å². The van der Waals surface area contributed by atoms with Gasteiger partial charge in [0.2, 0.25) is 0 Å². The van der Waals surface area contributed by atoms with Crippen LogP contribution >= 0.6 is 11.6 Å². The summed E-state index contributed by atoms with van der Waals surface area (Å²) in [5.41, 5.74) is 2.13. The number of hydrogen-bond acceptors (Lipinski definition) is 6. The van der Waals surface area contributed by atoms with Crippen LogP contribution in [0.5, 0.6) is 0 Å². The lowest BCUT2D eigenvalue weighted by Gasteiger charge is -2.39. The Morgan fingerprint density at radius 3 is 2.38 bits per heavy atom. The van der Waals surface area contributed by atoms with E-state index in [4.69, 9.17) is 21.1 Å². The average Bonchev–Trinajstić information content (AvgIpc) is 2.89. The summed E-state index contributed by atoms with van der Waals surface area (Å²) in [6.45, 7) is 5.29. The summed E-state index contributed by atoms with van der Waals surface area (Å²) in [6.07, 6.45) is 2.89. The van der Waals surface area contributed by atoms with Crippen molar-refractivity contribution in [3.63, 3.8) is 0 Å². The molecule has 1 aliphatic carbocycles. The molecule has 1 atom stereocenters. The first-order chi connectivity index (χ1) is 18.6. The molecule has 0 aromatic heterocycles. The molecule has 0 radical (unpaired) electrons. The van der Waals surface area contributed by atoms with Crippen LogP contribution in [0.15, 0.2) is 36.4 Å². The van der Waals surface area contributed by atoms with E-state index in [2.05, 4.69) is 29.4 Å². The highest BCUT2D eigenvalue weighted by Gasteiger charge is 2.28. The smallest absolute Gasteiger partial charge is 0.323 e. The Morgan fingerprint density at radius 1 is 1.08 bits per heavy atom. The van der Waals surface area contributed by atoms with E-state index in [0.29, 0.717) is 24.4 Å². The summed E-state index contributed by atoms with van der Waals surface area (Å²) in [4.78, 5) is 27.5. The number of carbonyl (C=O) groups excluding carboxylic acids is 2. The molecule has 2 aromatic carbocycles. The minimum atomic E-state index is -0.646. The van der Waals surface area contributed by atoms with Crippen molar-refractivity contribution in [3.8, 4) is 0 Å². The monoisotopic (exact) mass is 563 g/mol. The zero-order valence-corrected chi connectivity index (χ0v) is 23.8. The number of aliphatic hydroxyl groups excluding tert-OH is 1. The van der Waals surface area contributed by atoms with Crippen LogP contribution in [0.4, 0.5) is 26.2 Å². The lowest BCUT2D eigenvalue weighted by Crippen LogP contribution is -2.41. The zero-order valence-electron chi connectivity index (χ0n) is 23.0. The van der Waals surface area contributed by atoms with E-state index in [9.17, 15) is 19.1 Å². The molecule has 8 nitrogen and oxygen atoms in total. The van der Waals surface area contributed by atoms with Crippen LogP contribution in [0.3, 0.4) is 0 Å². The molecular formula is C29H39ClFN3O5. The van der Waals surface area contributed by atoms with Crippen molar-refractivity contribution in [3.05, 3.63) is 52.8 Å². The Labute approximate surface area is 234 Å². The standard InChI is InChI=1S/C29H39ClFN3O5/c1-18(2)16-34(22-7-9-23(35)10-8-22)27-12-5-19(20(17-38-3)14-28(36)39-4)13-26(27)33-29(37)32-25-11-6-21(30)15-24(25)31/h5-6,11-13,15,18,20,22-23,35H,7-10,14,16-17H2,1-4H3,(H2,32,33,37). The predicted octanol–water partition coefficient (Wildman–Crippen LogP) is 6.18. The second-order valence-electron chi connectivity index (χ2n) is 10.4. The molecule has 214 valence electrons. The lowest BCUT2D eigenvalue weighted by molar-refractivity contribution is -0.141. The second-order valence-corrected chi connectivity index (χ2v) is 10.9. The molecule has 0 heterocycles. The molecule has 3 N–H and O–H groups in total. The van der Waals surface area contributed by atoms with Gasteiger partial charge in [-0.3, -0.25) is 4.79 Å². The number of rotatable bonds is 11. The van der Waals surface area contributed by atoms with Crippen molar-refractivity contribution in [2.75, 3.05) is 42.9 Å². The number of hydrogen-bond donors (Lipinski definition) is 3. The molecule has 10 heteroatoms. The van der Waals surface area contributed by atoms with Crippen molar-refractivity contribution in [2.45, 2.75) is 64.0 Å². The number of urea groups is 1. The topological polar surface area (TPSA) is 100 Å². The first-order valence-corrected chi connectivity index (χ1v) is 13.7. The quantitative estimate of drug-likeness (QED) is 0.282. The molecule has 1 aliphatic rings. The number of benzene rings is 2. The maximum Gasteiger partial charge on any atom is 0.323 e. The van der Waals surface area contributed by atoms with Gasteiger partial charge in [0.05, 0.1) is 43.3 Å². The van der Waals surface area contributed by atoms with Gasteiger partial charge >= 0.3 is 12.0 Å². The number of methoxy groups -OCH3 is 2. The minimum Gasteiger partial charge on any atom is -0.469 e. The predicted molar refractivity (Wildman–Crippen MR) is 152 cm³/mol. The van der Waals surface area contributed by atoms with Gasteiger partial charge in [-0.2, -0.15) is 0 Å². The van der Waals surface area contributed by atoms with Crippen molar-refractivity contribution in [1.29, 1.82) is 0 Å². The number of amides is 2. The van der Waals surface area contributed by atoms with E-state index < -0.39 is 11.8 Å². The summed E-state index contributed by atoms with van der Waals surface area (Å²) >= 11 is 5.85. The molecule has 0 spiro atoms. The van der Waals surface area contributed by atoms with E-state index in [1.165, 1.54) is 19.2 Å². The third-order valence-electron chi connectivity index (χ3n) is 6.91. The highest BCUT2D eigenvalue weighted by atomic mass is 35.5. The van der Waals surface area contributed by atoms with Gasteiger partial charge in [-0.15, -0.1) is 0 Å². The molecule has 1 unspecified atom stereocenters. The van der Waals surface area contributed by atoms with E-state index in [-0.39, 0.29) is 47.8 Å². The van der Waals surface area contributed by atoms with Gasteiger partial charge in [0, 0.05) is 30.6 Å². The van der Waals surface area contributed by atoms with Crippen LogP contribution in [0, 0.1) is 11.7 Å². The highest BCUT2D eigenvalue weighted by Crippen LogP contribution is 2.36. The van der Waals surface area contributed by atoms with Crippen molar-refractivity contribution >= 4 is 40.7 Å². The third-order valence-corrected chi connectivity index (χ3v) is 7.14. The largest absolute Gasteiger partial charge is 0.469 e. The Kier molecular flexibility index (Phi) is 11.4. The van der Waals surface area contributed by atoms with Crippen LogP contribution in [0.2, 0.25) is 5.02 Å². The van der Waals surface area contributed by atoms with Crippen molar-refractivity contribution in [1.82, 2.24) is 0 Å². The summed E-state index contributed by atoms with van der Waals surface area (Å²) in [5, 5.41) is 15.8. The van der Waals surface area contributed by atoms with E-state index >= 15 is 0 Å².